The SMILES string of the molecule is Cc1ccc(C(=O)N2CCCCC(N3CCCC3)C2)cc1[N+](=O)[O-]. The Morgan fingerprint density at radius 3 is 2.58 bits per heavy atom. The minimum Gasteiger partial charge on any atom is -0.337 e. The van der Waals surface area contributed by atoms with Crippen LogP contribution < -0.4 is 0 Å². The Hall–Kier alpha value is -1.95. The monoisotopic (exact) mass is 331 g/mol. The summed E-state index contributed by atoms with van der Waals surface area (Å²) >= 11 is 0. The number of nitro groups is 1. The second-order valence-electron chi connectivity index (χ2n) is 6.90. The molecule has 0 N–H and O–H groups in total. The molecule has 1 atom stereocenters. The van der Waals surface area contributed by atoms with Gasteiger partial charge in [0.05, 0.1) is 4.92 Å². The maximum absolute atomic E-state index is 12.9. The lowest BCUT2D eigenvalue weighted by molar-refractivity contribution is -0.385. The number of benzene rings is 1. The van der Waals surface area contributed by atoms with Crippen LogP contribution in [0, 0.1) is 17.0 Å². The lowest BCUT2D eigenvalue weighted by Gasteiger charge is -2.30. The van der Waals surface area contributed by atoms with E-state index in [4.69, 9.17) is 0 Å². The van der Waals surface area contributed by atoms with Gasteiger partial charge in [0.1, 0.15) is 0 Å². The van der Waals surface area contributed by atoms with Gasteiger partial charge < -0.3 is 4.90 Å². The molecule has 130 valence electrons. The fraction of sp³-hybridized carbons (Fsp3) is 0.611. The van der Waals surface area contributed by atoms with Gasteiger partial charge in [0.25, 0.3) is 11.6 Å². The van der Waals surface area contributed by atoms with Crippen LogP contribution in [-0.2, 0) is 0 Å². The summed E-state index contributed by atoms with van der Waals surface area (Å²) in [5, 5.41) is 11.1. The predicted molar refractivity (Wildman–Crippen MR) is 92.2 cm³/mol. The van der Waals surface area contributed by atoms with Crippen molar-refractivity contribution in [2.75, 3.05) is 26.2 Å². The van der Waals surface area contributed by atoms with Gasteiger partial charge in [0, 0.05) is 36.3 Å². The summed E-state index contributed by atoms with van der Waals surface area (Å²) in [4.78, 5) is 28.0. The molecule has 2 saturated heterocycles. The number of aryl methyl sites for hydroxylation is 1. The van der Waals surface area contributed by atoms with E-state index in [0.29, 0.717) is 17.2 Å². The molecule has 24 heavy (non-hydrogen) atoms. The highest BCUT2D eigenvalue weighted by atomic mass is 16.6. The number of nitro benzene ring substituents is 1. The Morgan fingerprint density at radius 1 is 1.17 bits per heavy atom. The second-order valence-corrected chi connectivity index (χ2v) is 6.90. The molecule has 0 spiro atoms. The number of rotatable bonds is 3. The van der Waals surface area contributed by atoms with E-state index >= 15 is 0 Å². The lowest BCUT2D eigenvalue weighted by atomic mass is 10.1. The molecule has 0 saturated carbocycles. The van der Waals surface area contributed by atoms with Crippen molar-refractivity contribution in [3.63, 3.8) is 0 Å². The predicted octanol–water partition coefficient (Wildman–Crippen LogP) is 2.99. The molecule has 0 bridgehead atoms. The van der Waals surface area contributed by atoms with E-state index in [1.54, 1.807) is 19.1 Å². The van der Waals surface area contributed by atoms with Crippen LogP contribution in [0.25, 0.3) is 0 Å². The summed E-state index contributed by atoms with van der Waals surface area (Å²) in [7, 11) is 0. The van der Waals surface area contributed by atoms with Crippen LogP contribution in [0.3, 0.4) is 0 Å². The Morgan fingerprint density at radius 2 is 1.88 bits per heavy atom. The van der Waals surface area contributed by atoms with E-state index in [9.17, 15) is 14.9 Å². The van der Waals surface area contributed by atoms with E-state index in [-0.39, 0.29) is 11.6 Å². The number of likely N-dealkylation sites (tertiary alicyclic amines) is 2. The number of hydrogen-bond donors (Lipinski definition) is 0. The van der Waals surface area contributed by atoms with Crippen molar-refractivity contribution in [1.29, 1.82) is 0 Å². The number of carbonyl (C=O) groups excluding carboxylic acids is 1. The molecule has 0 aromatic heterocycles. The first-order chi connectivity index (χ1) is 11.6. The molecule has 2 aliphatic rings. The highest BCUT2D eigenvalue weighted by molar-refractivity contribution is 5.95. The van der Waals surface area contributed by atoms with Gasteiger partial charge in [-0.1, -0.05) is 12.5 Å². The van der Waals surface area contributed by atoms with Crippen molar-refractivity contribution in [3.8, 4) is 0 Å². The molecule has 2 fully saturated rings. The maximum atomic E-state index is 12.9. The fourth-order valence-corrected chi connectivity index (χ4v) is 3.83. The van der Waals surface area contributed by atoms with Gasteiger partial charge in [-0.25, -0.2) is 0 Å². The Bertz CT molecular complexity index is 626. The molecule has 2 heterocycles. The largest absolute Gasteiger partial charge is 0.337 e. The van der Waals surface area contributed by atoms with Crippen molar-refractivity contribution in [2.24, 2.45) is 0 Å². The molecule has 1 aromatic carbocycles. The third-order valence-electron chi connectivity index (χ3n) is 5.24. The third-order valence-corrected chi connectivity index (χ3v) is 5.24. The van der Waals surface area contributed by atoms with Crippen LogP contribution in [0.4, 0.5) is 5.69 Å². The Balaban J connectivity index is 1.77. The average molecular weight is 331 g/mol. The molecule has 1 amide bonds. The second kappa shape index (κ2) is 7.30. The zero-order valence-corrected chi connectivity index (χ0v) is 14.2. The minimum absolute atomic E-state index is 0.0202. The van der Waals surface area contributed by atoms with Crippen molar-refractivity contribution in [1.82, 2.24) is 9.80 Å². The van der Waals surface area contributed by atoms with E-state index in [0.717, 1.165) is 45.4 Å². The first-order valence-electron chi connectivity index (χ1n) is 8.84. The van der Waals surface area contributed by atoms with E-state index in [1.165, 1.54) is 18.9 Å². The average Bonchev–Trinajstić information content (AvgIpc) is 2.99. The maximum Gasteiger partial charge on any atom is 0.273 e. The van der Waals surface area contributed by atoms with Crippen LogP contribution in [0.5, 0.6) is 0 Å². The Labute approximate surface area is 142 Å². The zero-order chi connectivity index (χ0) is 17.1. The fourth-order valence-electron chi connectivity index (χ4n) is 3.83. The molecule has 3 rings (SSSR count). The summed E-state index contributed by atoms with van der Waals surface area (Å²) < 4.78 is 0. The Kier molecular flexibility index (Phi) is 5.14. The van der Waals surface area contributed by atoms with Crippen molar-refractivity contribution >= 4 is 11.6 Å². The van der Waals surface area contributed by atoms with Crippen molar-refractivity contribution in [3.05, 3.63) is 39.4 Å². The number of nitrogens with zero attached hydrogens (tertiary/aromatic N) is 3. The summed E-state index contributed by atoms with van der Waals surface area (Å²) in [6.07, 6.45) is 5.77. The van der Waals surface area contributed by atoms with E-state index in [1.807, 2.05) is 4.90 Å². The van der Waals surface area contributed by atoms with Crippen LogP contribution in [0.2, 0.25) is 0 Å². The summed E-state index contributed by atoms with van der Waals surface area (Å²) in [5.41, 5.74) is 1.03. The van der Waals surface area contributed by atoms with Gasteiger partial charge in [-0.15, -0.1) is 0 Å². The molecule has 0 radical (unpaired) electrons. The van der Waals surface area contributed by atoms with Crippen LogP contribution >= 0.6 is 0 Å². The normalized spacial score (nSPS) is 22.4. The molecule has 0 aliphatic carbocycles. The molecule has 6 heteroatoms. The van der Waals surface area contributed by atoms with Crippen molar-refractivity contribution < 1.29 is 9.72 Å². The van der Waals surface area contributed by atoms with E-state index in [2.05, 4.69) is 4.90 Å². The van der Waals surface area contributed by atoms with Gasteiger partial charge in [-0.2, -0.15) is 0 Å². The molecular weight excluding hydrogens is 306 g/mol. The van der Waals surface area contributed by atoms with Gasteiger partial charge in [-0.3, -0.25) is 19.8 Å². The van der Waals surface area contributed by atoms with E-state index < -0.39 is 4.92 Å². The number of carbonyl (C=O) groups is 1. The molecule has 1 aromatic rings. The van der Waals surface area contributed by atoms with Crippen LogP contribution in [0.15, 0.2) is 18.2 Å². The third kappa shape index (κ3) is 3.59. The van der Waals surface area contributed by atoms with Gasteiger partial charge in [-0.05, 0) is 51.8 Å². The van der Waals surface area contributed by atoms with Gasteiger partial charge >= 0.3 is 0 Å². The first-order valence-corrected chi connectivity index (χ1v) is 8.84. The lowest BCUT2D eigenvalue weighted by Crippen LogP contribution is -2.43. The zero-order valence-electron chi connectivity index (χ0n) is 14.2. The molecule has 6 nitrogen and oxygen atoms in total. The highest BCUT2D eigenvalue weighted by Gasteiger charge is 2.29. The summed E-state index contributed by atoms with van der Waals surface area (Å²) in [5.74, 6) is -0.0794. The van der Waals surface area contributed by atoms with Crippen LogP contribution in [-0.4, -0.2) is 52.9 Å². The van der Waals surface area contributed by atoms with Crippen LogP contribution in [0.1, 0.15) is 48.0 Å². The van der Waals surface area contributed by atoms with Gasteiger partial charge in [0.15, 0.2) is 0 Å². The summed E-state index contributed by atoms with van der Waals surface area (Å²) in [6, 6.07) is 5.23. The summed E-state index contributed by atoms with van der Waals surface area (Å²) in [6.45, 7) is 5.43. The standard InChI is InChI=1S/C18H25N3O3/c1-14-7-8-15(12-17(14)21(23)24)18(22)20-11-3-2-6-16(13-20)19-9-4-5-10-19/h7-8,12,16H,2-6,9-11,13H2,1H3. The highest BCUT2D eigenvalue weighted by Crippen LogP contribution is 2.24. The number of amides is 1. The number of hydrogen-bond acceptors (Lipinski definition) is 4. The topological polar surface area (TPSA) is 66.7 Å². The first kappa shape index (κ1) is 16.9. The smallest absolute Gasteiger partial charge is 0.273 e. The quantitative estimate of drug-likeness (QED) is 0.631. The minimum atomic E-state index is -0.415. The molecule has 1 unspecified atom stereocenters. The molecule has 2 aliphatic heterocycles. The molecular formula is C18H25N3O3. The van der Waals surface area contributed by atoms with Gasteiger partial charge in [0.2, 0.25) is 0 Å². The van der Waals surface area contributed by atoms with Crippen molar-refractivity contribution in [2.45, 2.75) is 45.1 Å².